The van der Waals surface area contributed by atoms with E-state index in [1.165, 1.54) is 0 Å². The van der Waals surface area contributed by atoms with Crippen LogP contribution in [0.5, 0.6) is 0 Å². The lowest BCUT2D eigenvalue weighted by Crippen LogP contribution is -2.37. The van der Waals surface area contributed by atoms with Gasteiger partial charge in [0.2, 0.25) is 0 Å². The monoisotopic (exact) mass is 164 g/mol. The summed E-state index contributed by atoms with van der Waals surface area (Å²) < 4.78 is 0. The Balaban J connectivity index is 5.04. The van der Waals surface area contributed by atoms with E-state index >= 15 is 0 Å². The normalized spacial score (nSPS) is 12.3. The average molecular weight is 164 g/mol. The van der Waals surface area contributed by atoms with Gasteiger partial charge >= 0.3 is 0 Å². The lowest BCUT2D eigenvalue weighted by Gasteiger charge is -2.37. The summed E-state index contributed by atoms with van der Waals surface area (Å²) in [6.45, 7) is 9.70. The van der Waals surface area contributed by atoms with E-state index in [4.69, 9.17) is 10.5 Å². The second-order valence-electron chi connectivity index (χ2n) is 4.22. The summed E-state index contributed by atoms with van der Waals surface area (Å²) in [5.74, 6) is 0.321. The minimum Gasteiger partial charge on any atom is -0.197 e. The van der Waals surface area contributed by atoms with Gasteiger partial charge in [0.05, 0.1) is 12.1 Å². The Morgan fingerprint density at radius 2 is 1.33 bits per heavy atom. The summed E-state index contributed by atoms with van der Waals surface area (Å²) in [7, 11) is 0. The largest absolute Gasteiger partial charge is 0.197 e. The minimum atomic E-state index is -0.888. The number of nitriles is 2. The molecule has 0 N–H and O–H groups in total. The SMILES string of the molecule is CC(C)C(C)(C)C(C)(C#N)C#N. The fourth-order valence-electron chi connectivity index (χ4n) is 0.891. The molecular weight excluding hydrogens is 148 g/mol. The Labute approximate surface area is 74.8 Å². The second-order valence-corrected chi connectivity index (χ2v) is 4.22. The van der Waals surface area contributed by atoms with Crippen molar-refractivity contribution in [2.24, 2.45) is 16.7 Å². The van der Waals surface area contributed by atoms with E-state index in [0.717, 1.165) is 0 Å². The predicted octanol–water partition coefficient (Wildman–Crippen LogP) is 2.72. The fourth-order valence-corrected chi connectivity index (χ4v) is 0.891. The molecule has 2 heteroatoms. The van der Waals surface area contributed by atoms with Gasteiger partial charge in [0.15, 0.2) is 0 Å². The molecule has 0 saturated heterocycles. The van der Waals surface area contributed by atoms with Crippen LogP contribution < -0.4 is 0 Å². The number of rotatable bonds is 2. The van der Waals surface area contributed by atoms with Crippen LogP contribution in [0.4, 0.5) is 0 Å². The fraction of sp³-hybridized carbons (Fsp3) is 0.800. The molecule has 2 nitrogen and oxygen atoms in total. The van der Waals surface area contributed by atoms with Crippen LogP contribution in [0.15, 0.2) is 0 Å². The van der Waals surface area contributed by atoms with Gasteiger partial charge < -0.3 is 0 Å². The Hall–Kier alpha value is -1.02. The first-order chi connectivity index (χ1) is 5.31. The molecule has 0 radical (unpaired) electrons. The summed E-state index contributed by atoms with van der Waals surface area (Å²) in [6, 6.07) is 4.18. The standard InChI is InChI=1S/C10H16N2/c1-8(2)9(3,4)10(5,6-11)7-12/h8H,1-5H3. The molecule has 0 bridgehead atoms. The summed E-state index contributed by atoms with van der Waals surface area (Å²) in [6.07, 6.45) is 0. The van der Waals surface area contributed by atoms with Crippen molar-refractivity contribution in [3.8, 4) is 12.1 Å². The molecule has 0 amide bonds. The molecule has 0 heterocycles. The van der Waals surface area contributed by atoms with E-state index in [0.29, 0.717) is 5.92 Å². The van der Waals surface area contributed by atoms with E-state index in [9.17, 15) is 0 Å². The van der Waals surface area contributed by atoms with Crippen molar-refractivity contribution in [3.05, 3.63) is 0 Å². The molecule has 0 rings (SSSR count). The number of hydrogen-bond donors (Lipinski definition) is 0. The highest BCUT2D eigenvalue weighted by Crippen LogP contribution is 2.43. The highest BCUT2D eigenvalue weighted by Gasteiger charge is 2.43. The van der Waals surface area contributed by atoms with E-state index < -0.39 is 5.41 Å². The molecule has 0 atom stereocenters. The molecule has 0 spiro atoms. The highest BCUT2D eigenvalue weighted by molar-refractivity contribution is 5.17. The maximum atomic E-state index is 8.90. The van der Waals surface area contributed by atoms with Crippen molar-refractivity contribution in [2.75, 3.05) is 0 Å². The van der Waals surface area contributed by atoms with Gasteiger partial charge in [-0.1, -0.05) is 27.7 Å². The van der Waals surface area contributed by atoms with Gasteiger partial charge in [-0.2, -0.15) is 10.5 Å². The van der Waals surface area contributed by atoms with E-state index in [2.05, 4.69) is 12.1 Å². The quantitative estimate of drug-likeness (QED) is 0.630. The van der Waals surface area contributed by atoms with Crippen LogP contribution in [0.3, 0.4) is 0 Å². The van der Waals surface area contributed by atoms with Crippen molar-refractivity contribution in [2.45, 2.75) is 34.6 Å². The summed E-state index contributed by atoms with van der Waals surface area (Å²) in [5, 5.41) is 17.8. The summed E-state index contributed by atoms with van der Waals surface area (Å²) in [4.78, 5) is 0. The van der Waals surface area contributed by atoms with Gasteiger partial charge in [0.25, 0.3) is 0 Å². The van der Waals surface area contributed by atoms with Crippen LogP contribution in [-0.2, 0) is 0 Å². The second kappa shape index (κ2) is 3.15. The van der Waals surface area contributed by atoms with E-state index in [-0.39, 0.29) is 5.41 Å². The molecule has 0 aromatic rings. The highest BCUT2D eigenvalue weighted by atomic mass is 14.5. The predicted molar refractivity (Wildman–Crippen MR) is 48.0 cm³/mol. The Morgan fingerprint density at radius 3 is 1.42 bits per heavy atom. The van der Waals surface area contributed by atoms with Crippen molar-refractivity contribution < 1.29 is 0 Å². The number of nitrogens with zero attached hydrogens (tertiary/aromatic N) is 2. The Morgan fingerprint density at radius 1 is 1.00 bits per heavy atom. The summed E-state index contributed by atoms with van der Waals surface area (Å²) in [5.41, 5.74) is -1.16. The minimum absolute atomic E-state index is 0.267. The first kappa shape index (κ1) is 11.0. The van der Waals surface area contributed by atoms with Crippen molar-refractivity contribution in [1.29, 1.82) is 10.5 Å². The van der Waals surface area contributed by atoms with Crippen LogP contribution in [0.2, 0.25) is 0 Å². The van der Waals surface area contributed by atoms with Crippen LogP contribution in [0, 0.1) is 39.4 Å². The van der Waals surface area contributed by atoms with Crippen molar-refractivity contribution in [1.82, 2.24) is 0 Å². The third-order valence-corrected chi connectivity index (χ3v) is 3.18. The molecule has 0 fully saturated rings. The third kappa shape index (κ3) is 1.43. The molecule has 0 aliphatic heterocycles. The van der Waals surface area contributed by atoms with Gasteiger partial charge in [0, 0.05) is 0 Å². The maximum Gasteiger partial charge on any atom is 0.146 e. The Bertz CT molecular complexity index is 224. The van der Waals surface area contributed by atoms with Gasteiger partial charge in [-0.3, -0.25) is 0 Å². The topological polar surface area (TPSA) is 47.6 Å². The molecule has 12 heavy (non-hydrogen) atoms. The van der Waals surface area contributed by atoms with Crippen LogP contribution >= 0.6 is 0 Å². The molecule has 0 aliphatic carbocycles. The zero-order valence-corrected chi connectivity index (χ0v) is 8.47. The summed E-state index contributed by atoms with van der Waals surface area (Å²) >= 11 is 0. The lowest BCUT2D eigenvalue weighted by molar-refractivity contribution is 0.137. The first-order valence-corrected chi connectivity index (χ1v) is 4.14. The van der Waals surface area contributed by atoms with Gasteiger partial charge in [0.1, 0.15) is 5.41 Å². The molecular formula is C10H16N2. The molecule has 0 aromatic heterocycles. The molecule has 66 valence electrons. The third-order valence-electron chi connectivity index (χ3n) is 3.18. The van der Waals surface area contributed by atoms with Gasteiger partial charge in [-0.15, -0.1) is 0 Å². The van der Waals surface area contributed by atoms with Crippen LogP contribution in [0.25, 0.3) is 0 Å². The van der Waals surface area contributed by atoms with Gasteiger partial charge in [-0.05, 0) is 18.3 Å². The zero-order valence-electron chi connectivity index (χ0n) is 8.47. The molecule has 0 aliphatic rings. The molecule has 0 unspecified atom stereocenters. The number of hydrogen-bond acceptors (Lipinski definition) is 2. The maximum absolute atomic E-state index is 8.90. The van der Waals surface area contributed by atoms with E-state index in [1.54, 1.807) is 6.92 Å². The average Bonchev–Trinajstić information content (AvgIpc) is 2.02. The smallest absolute Gasteiger partial charge is 0.146 e. The van der Waals surface area contributed by atoms with Gasteiger partial charge in [-0.25, -0.2) is 0 Å². The zero-order chi connectivity index (χ0) is 9.99. The van der Waals surface area contributed by atoms with Crippen LogP contribution in [-0.4, -0.2) is 0 Å². The molecule has 0 aromatic carbocycles. The van der Waals surface area contributed by atoms with E-state index in [1.807, 2.05) is 27.7 Å². The van der Waals surface area contributed by atoms with Crippen LogP contribution in [0.1, 0.15) is 34.6 Å². The Kier molecular flexibility index (Phi) is 2.88. The molecule has 0 saturated carbocycles. The van der Waals surface area contributed by atoms with Crippen molar-refractivity contribution >= 4 is 0 Å². The lowest BCUT2D eigenvalue weighted by atomic mass is 9.62. The van der Waals surface area contributed by atoms with Crippen molar-refractivity contribution in [3.63, 3.8) is 0 Å². The first-order valence-electron chi connectivity index (χ1n) is 4.14.